The molecule has 0 aliphatic heterocycles. The van der Waals surface area contributed by atoms with Gasteiger partial charge in [-0.1, -0.05) is 0 Å². The van der Waals surface area contributed by atoms with Crippen LogP contribution in [0, 0.1) is 0 Å². The molecule has 0 fully saturated rings. The van der Waals surface area contributed by atoms with Gasteiger partial charge >= 0.3 is 0 Å². The Hall–Kier alpha value is -0.270. The molecule has 0 aromatic rings. The minimum Gasteiger partial charge on any atom is -0.395 e. The van der Waals surface area contributed by atoms with E-state index in [1.165, 1.54) is 0 Å². The van der Waals surface area contributed by atoms with Gasteiger partial charge in [0.05, 0.1) is 19.4 Å². The number of aliphatic hydroxyl groups is 1. The first-order chi connectivity index (χ1) is 5.38. The molecule has 0 amide bonds. The standard InChI is InChI=1S/C5H11F2NO3S/c1-12(10,11)8(2-3-9)4-5(6)7/h5,9H,2-4H2,1H3. The van der Waals surface area contributed by atoms with Crippen LogP contribution in [-0.2, 0) is 10.0 Å². The predicted molar refractivity (Wildman–Crippen MR) is 39.5 cm³/mol. The molecule has 12 heavy (non-hydrogen) atoms. The van der Waals surface area contributed by atoms with E-state index < -0.39 is 29.6 Å². The molecule has 0 rings (SSSR count). The predicted octanol–water partition coefficient (Wildman–Crippen LogP) is -0.495. The van der Waals surface area contributed by atoms with Crippen molar-refractivity contribution in [3.8, 4) is 0 Å². The third-order valence-electron chi connectivity index (χ3n) is 1.16. The van der Waals surface area contributed by atoms with Crippen molar-refractivity contribution in [2.24, 2.45) is 0 Å². The van der Waals surface area contributed by atoms with E-state index in [4.69, 9.17) is 5.11 Å². The Labute approximate surface area is 69.8 Å². The zero-order valence-corrected chi connectivity index (χ0v) is 7.39. The van der Waals surface area contributed by atoms with Crippen LogP contribution >= 0.6 is 0 Å². The summed E-state index contributed by atoms with van der Waals surface area (Å²) in [6.07, 6.45) is -1.89. The lowest BCUT2D eigenvalue weighted by molar-refractivity contribution is 0.113. The fourth-order valence-corrected chi connectivity index (χ4v) is 1.45. The lowest BCUT2D eigenvalue weighted by Crippen LogP contribution is -2.36. The number of halogens is 2. The van der Waals surface area contributed by atoms with Crippen molar-refractivity contribution in [2.75, 3.05) is 26.0 Å². The van der Waals surface area contributed by atoms with Gasteiger partial charge in [0, 0.05) is 6.54 Å². The van der Waals surface area contributed by atoms with Gasteiger partial charge in [-0.2, -0.15) is 4.31 Å². The average molecular weight is 203 g/mol. The summed E-state index contributed by atoms with van der Waals surface area (Å²) in [5.74, 6) is 0. The normalized spacial score (nSPS) is 12.8. The van der Waals surface area contributed by atoms with Gasteiger partial charge in [-0.05, 0) is 0 Å². The highest BCUT2D eigenvalue weighted by molar-refractivity contribution is 7.88. The molecular weight excluding hydrogens is 192 g/mol. The van der Waals surface area contributed by atoms with Crippen LogP contribution < -0.4 is 0 Å². The van der Waals surface area contributed by atoms with E-state index in [0.29, 0.717) is 4.31 Å². The van der Waals surface area contributed by atoms with E-state index in [0.717, 1.165) is 6.26 Å². The molecule has 0 saturated carbocycles. The van der Waals surface area contributed by atoms with Crippen molar-refractivity contribution >= 4 is 10.0 Å². The van der Waals surface area contributed by atoms with Gasteiger partial charge in [0.15, 0.2) is 0 Å². The fourth-order valence-electron chi connectivity index (χ4n) is 0.658. The molecule has 0 spiro atoms. The van der Waals surface area contributed by atoms with Crippen molar-refractivity contribution in [2.45, 2.75) is 6.43 Å². The van der Waals surface area contributed by atoms with Crippen LogP contribution in [0.3, 0.4) is 0 Å². The molecule has 0 saturated heterocycles. The SMILES string of the molecule is CS(=O)(=O)N(CCO)CC(F)F. The molecule has 1 N–H and O–H groups in total. The number of hydrogen-bond acceptors (Lipinski definition) is 3. The molecule has 0 aliphatic rings. The van der Waals surface area contributed by atoms with E-state index in [-0.39, 0.29) is 6.54 Å². The maximum atomic E-state index is 11.8. The Morgan fingerprint density at radius 3 is 2.25 bits per heavy atom. The van der Waals surface area contributed by atoms with E-state index in [1.54, 1.807) is 0 Å². The van der Waals surface area contributed by atoms with Crippen LogP contribution in [0.2, 0.25) is 0 Å². The van der Waals surface area contributed by atoms with E-state index in [1.807, 2.05) is 0 Å². The highest BCUT2D eigenvalue weighted by Crippen LogP contribution is 2.02. The van der Waals surface area contributed by atoms with Crippen LogP contribution in [0.5, 0.6) is 0 Å². The second-order valence-corrected chi connectivity index (χ2v) is 4.22. The van der Waals surface area contributed by atoms with Gasteiger partial charge in [-0.25, -0.2) is 17.2 Å². The highest BCUT2D eigenvalue weighted by atomic mass is 32.2. The molecular formula is C5H11F2NO3S. The Morgan fingerprint density at radius 2 is 2.00 bits per heavy atom. The molecule has 0 aromatic carbocycles. The Morgan fingerprint density at radius 1 is 1.50 bits per heavy atom. The van der Waals surface area contributed by atoms with Gasteiger partial charge in [-0.15, -0.1) is 0 Å². The van der Waals surface area contributed by atoms with Gasteiger partial charge in [0.1, 0.15) is 0 Å². The topological polar surface area (TPSA) is 57.6 Å². The summed E-state index contributed by atoms with van der Waals surface area (Å²) in [4.78, 5) is 0. The van der Waals surface area contributed by atoms with Crippen molar-refractivity contribution in [1.29, 1.82) is 0 Å². The van der Waals surface area contributed by atoms with Crippen LogP contribution in [0.1, 0.15) is 0 Å². The van der Waals surface area contributed by atoms with E-state index in [9.17, 15) is 17.2 Å². The largest absolute Gasteiger partial charge is 0.395 e. The highest BCUT2D eigenvalue weighted by Gasteiger charge is 2.19. The van der Waals surface area contributed by atoms with Crippen LogP contribution in [-0.4, -0.2) is 50.2 Å². The summed E-state index contributed by atoms with van der Waals surface area (Å²) in [5, 5.41) is 8.36. The summed E-state index contributed by atoms with van der Waals surface area (Å²) in [6.45, 7) is -1.61. The minimum atomic E-state index is -3.63. The van der Waals surface area contributed by atoms with Crippen LogP contribution in [0.25, 0.3) is 0 Å². The second-order valence-electron chi connectivity index (χ2n) is 2.24. The van der Waals surface area contributed by atoms with Gasteiger partial charge in [0.25, 0.3) is 6.43 Å². The first-order valence-electron chi connectivity index (χ1n) is 3.22. The quantitative estimate of drug-likeness (QED) is 0.655. The number of rotatable bonds is 5. The third-order valence-corrected chi connectivity index (χ3v) is 2.43. The number of nitrogens with zero attached hydrogens (tertiary/aromatic N) is 1. The fraction of sp³-hybridized carbons (Fsp3) is 1.00. The molecule has 74 valence electrons. The van der Waals surface area contributed by atoms with Crippen molar-refractivity contribution in [3.05, 3.63) is 0 Å². The summed E-state index contributed by atoms with van der Waals surface area (Å²) in [7, 11) is -3.63. The van der Waals surface area contributed by atoms with Crippen LogP contribution in [0.4, 0.5) is 8.78 Å². The lowest BCUT2D eigenvalue weighted by atomic mass is 10.6. The summed E-state index contributed by atoms with van der Waals surface area (Å²) >= 11 is 0. The summed E-state index contributed by atoms with van der Waals surface area (Å²) in [6, 6.07) is 0. The minimum absolute atomic E-state index is 0.289. The van der Waals surface area contributed by atoms with Gasteiger partial charge in [0.2, 0.25) is 10.0 Å². The van der Waals surface area contributed by atoms with E-state index in [2.05, 4.69) is 0 Å². The molecule has 0 bridgehead atoms. The molecule has 0 heterocycles. The molecule has 0 atom stereocenters. The number of aliphatic hydroxyl groups excluding tert-OH is 1. The zero-order valence-electron chi connectivity index (χ0n) is 6.57. The average Bonchev–Trinajstić information content (AvgIpc) is 1.83. The molecule has 4 nitrogen and oxygen atoms in total. The first-order valence-corrected chi connectivity index (χ1v) is 5.07. The molecule has 0 aliphatic carbocycles. The molecule has 7 heteroatoms. The van der Waals surface area contributed by atoms with Gasteiger partial charge < -0.3 is 5.11 Å². The lowest BCUT2D eigenvalue weighted by Gasteiger charge is -2.17. The van der Waals surface area contributed by atoms with E-state index >= 15 is 0 Å². The van der Waals surface area contributed by atoms with Crippen molar-refractivity contribution < 1.29 is 22.3 Å². The zero-order chi connectivity index (χ0) is 9.78. The summed E-state index contributed by atoms with van der Waals surface area (Å²) in [5.41, 5.74) is 0. The number of hydrogen-bond donors (Lipinski definition) is 1. The molecule has 0 unspecified atom stereocenters. The third kappa shape index (κ3) is 4.58. The maximum absolute atomic E-state index is 11.8. The van der Waals surface area contributed by atoms with Crippen molar-refractivity contribution in [3.63, 3.8) is 0 Å². The smallest absolute Gasteiger partial charge is 0.252 e. The monoisotopic (exact) mass is 203 g/mol. The number of sulfonamides is 1. The Bertz CT molecular complexity index is 217. The van der Waals surface area contributed by atoms with Crippen LogP contribution in [0.15, 0.2) is 0 Å². The molecule has 0 aromatic heterocycles. The second kappa shape index (κ2) is 4.68. The Kier molecular flexibility index (Phi) is 4.58. The summed E-state index contributed by atoms with van der Waals surface area (Å²) < 4.78 is 45.5. The maximum Gasteiger partial charge on any atom is 0.252 e. The van der Waals surface area contributed by atoms with Gasteiger partial charge in [-0.3, -0.25) is 0 Å². The Balaban J connectivity index is 4.24. The first kappa shape index (κ1) is 11.7. The molecule has 0 radical (unpaired) electrons. The van der Waals surface area contributed by atoms with Crippen molar-refractivity contribution in [1.82, 2.24) is 4.31 Å². The number of alkyl halides is 2.